The standard InChI is InChI=1S/C12H15NO/c1-13-6-11-10-5-3-2-4-9(10)8-14-12(11)7-13/h2-5,11-12H,6-8H2,1H3/t11?,12-/m1/s1. The number of hydrogen-bond acceptors (Lipinski definition) is 2. The first-order valence-electron chi connectivity index (χ1n) is 5.22. The monoisotopic (exact) mass is 189 g/mol. The summed E-state index contributed by atoms with van der Waals surface area (Å²) in [6, 6.07) is 8.68. The SMILES string of the molecule is CN1CC2c3ccccc3CO[C@@H]2C1. The first-order chi connectivity index (χ1) is 6.84. The van der Waals surface area contributed by atoms with Gasteiger partial charge in [0.2, 0.25) is 0 Å². The van der Waals surface area contributed by atoms with Gasteiger partial charge in [0, 0.05) is 19.0 Å². The first-order valence-corrected chi connectivity index (χ1v) is 5.22. The number of nitrogens with zero attached hydrogens (tertiary/aromatic N) is 1. The van der Waals surface area contributed by atoms with E-state index in [1.54, 1.807) is 0 Å². The molecule has 1 aromatic rings. The van der Waals surface area contributed by atoms with Gasteiger partial charge in [-0.3, -0.25) is 0 Å². The van der Waals surface area contributed by atoms with Crippen LogP contribution in [0, 0.1) is 0 Å². The van der Waals surface area contributed by atoms with Gasteiger partial charge in [-0.15, -0.1) is 0 Å². The number of hydrogen-bond donors (Lipinski definition) is 0. The van der Waals surface area contributed by atoms with Crippen molar-refractivity contribution in [2.24, 2.45) is 0 Å². The van der Waals surface area contributed by atoms with Gasteiger partial charge in [0.25, 0.3) is 0 Å². The fourth-order valence-electron chi connectivity index (χ4n) is 2.65. The highest BCUT2D eigenvalue weighted by Gasteiger charge is 2.36. The molecule has 2 aliphatic heterocycles. The van der Waals surface area contributed by atoms with Crippen LogP contribution in [0.3, 0.4) is 0 Å². The van der Waals surface area contributed by atoms with Gasteiger partial charge in [-0.2, -0.15) is 0 Å². The fraction of sp³-hybridized carbons (Fsp3) is 0.500. The van der Waals surface area contributed by atoms with Gasteiger partial charge < -0.3 is 9.64 Å². The van der Waals surface area contributed by atoms with E-state index >= 15 is 0 Å². The molecule has 2 aliphatic rings. The number of likely N-dealkylation sites (N-methyl/N-ethyl adjacent to an activating group) is 1. The summed E-state index contributed by atoms with van der Waals surface area (Å²) in [4.78, 5) is 2.36. The van der Waals surface area contributed by atoms with Crippen molar-refractivity contribution in [3.8, 4) is 0 Å². The van der Waals surface area contributed by atoms with Crippen molar-refractivity contribution >= 4 is 0 Å². The molecule has 2 heteroatoms. The number of rotatable bonds is 0. The van der Waals surface area contributed by atoms with E-state index in [0.29, 0.717) is 12.0 Å². The van der Waals surface area contributed by atoms with Crippen LogP contribution in [0.4, 0.5) is 0 Å². The van der Waals surface area contributed by atoms with E-state index in [-0.39, 0.29) is 0 Å². The molecule has 0 aliphatic carbocycles. The quantitative estimate of drug-likeness (QED) is 0.615. The molecule has 1 unspecified atom stereocenters. The van der Waals surface area contributed by atoms with Crippen LogP contribution in [-0.4, -0.2) is 31.1 Å². The highest BCUT2D eigenvalue weighted by atomic mass is 16.5. The van der Waals surface area contributed by atoms with Crippen LogP contribution in [0.25, 0.3) is 0 Å². The number of ether oxygens (including phenoxy) is 1. The molecule has 0 saturated carbocycles. The third kappa shape index (κ3) is 1.18. The summed E-state index contributed by atoms with van der Waals surface area (Å²) in [5, 5.41) is 0. The van der Waals surface area contributed by atoms with Gasteiger partial charge >= 0.3 is 0 Å². The van der Waals surface area contributed by atoms with Gasteiger partial charge in [-0.05, 0) is 18.2 Å². The molecule has 0 amide bonds. The topological polar surface area (TPSA) is 12.5 Å². The Kier molecular flexibility index (Phi) is 1.85. The van der Waals surface area contributed by atoms with Gasteiger partial charge in [0.15, 0.2) is 0 Å². The van der Waals surface area contributed by atoms with Gasteiger partial charge in [0.1, 0.15) is 0 Å². The summed E-state index contributed by atoms with van der Waals surface area (Å²) in [7, 11) is 2.17. The zero-order valence-electron chi connectivity index (χ0n) is 8.44. The fourth-order valence-corrected chi connectivity index (χ4v) is 2.65. The lowest BCUT2D eigenvalue weighted by atomic mass is 9.90. The molecular formula is C12H15NO. The van der Waals surface area contributed by atoms with Crippen LogP contribution in [0.2, 0.25) is 0 Å². The summed E-state index contributed by atoms with van der Waals surface area (Å²) in [5.41, 5.74) is 2.89. The average Bonchev–Trinajstić information content (AvgIpc) is 2.59. The summed E-state index contributed by atoms with van der Waals surface area (Å²) in [6.45, 7) is 3.02. The molecule has 3 rings (SSSR count). The Morgan fingerprint density at radius 2 is 2.14 bits per heavy atom. The summed E-state index contributed by atoms with van der Waals surface area (Å²) in [6.07, 6.45) is 0.426. The predicted octanol–water partition coefficient (Wildman–Crippen LogP) is 1.61. The minimum atomic E-state index is 0.426. The van der Waals surface area contributed by atoms with E-state index in [9.17, 15) is 0 Å². The Hall–Kier alpha value is -0.860. The molecule has 0 N–H and O–H groups in total. The molecule has 0 radical (unpaired) electrons. The van der Waals surface area contributed by atoms with Crippen molar-refractivity contribution in [2.75, 3.05) is 20.1 Å². The predicted molar refractivity (Wildman–Crippen MR) is 55.3 cm³/mol. The van der Waals surface area contributed by atoms with Gasteiger partial charge in [-0.1, -0.05) is 24.3 Å². The van der Waals surface area contributed by atoms with Crippen molar-refractivity contribution < 1.29 is 4.74 Å². The molecule has 14 heavy (non-hydrogen) atoms. The second-order valence-electron chi connectivity index (χ2n) is 4.38. The Morgan fingerprint density at radius 3 is 3.07 bits per heavy atom. The minimum absolute atomic E-state index is 0.426. The lowest BCUT2D eigenvalue weighted by Gasteiger charge is -2.27. The van der Waals surface area contributed by atoms with Gasteiger partial charge in [-0.25, -0.2) is 0 Å². The third-order valence-electron chi connectivity index (χ3n) is 3.36. The van der Waals surface area contributed by atoms with Crippen LogP contribution < -0.4 is 0 Å². The maximum Gasteiger partial charge on any atom is 0.0787 e. The van der Waals surface area contributed by atoms with Crippen LogP contribution >= 0.6 is 0 Å². The van der Waals surface area contributed by atoms with E-state index in [1.165, 1.54) is 11.1 Å². The van der Waals surface area contributed by atoms with E-state index in [2.05, 4.69) is 36.2 Å². The molecule has 1 saturated heterocycles. The molecule has 2 atom stereocenters. The molecule has 0 bridgehead atoms. The molecular weight excluding hydrogens is 174 g/mol. The highest BCUT2D eigenvalue weighted by Crippen LogP contribution is 2.35. The largest absolute Gasteiger partial charge is 0.372 e. The smallest absolute Gasteiger partial charge is 0.0787 e. The van der Waals surface area contributed by atoms with Crippen molar-refractivity contribution in [2.45, 2.75) is 18.6 Å². The van der Waals surface area contributed by atoms with Crippen LogP contribution in [0.1, 0.15) is 17.0 Å². The van der Waals surface area contributed by atoms with Crippen LogP contribution in [0.5, 0.6) is 0 Å². The van der Waals surface area contributed by atoms with E-state index < -0.39 is 0 Å². The Bertz CT molecular complexity index is 350. The molecule has 2 heterocycles. The molecule has 0 aromatic heterocycles. The van der Waals surface area contributed by atoms with E-state index in [4.69, 9.17) is 4.74 Å². The van der Waals surface area contributed by atoms with Crippen LogP contribution in [0.15, 0.2) is 24.3 Å². The van der Waals surface area contributed by atoms with Crippen molar-refractivity contribution in [3.63, 3.8) is 0 Å². The van der Waals surface area contributed by atoms with Crippen molar-refractivity contribution in [3.05, 3.63) is 35.4 Å². The first kappa shape index (κ1) is 8.45. The number of benzene rings is 1. The molecule has 1 aromatic carbocycles. The van der Waals surface area contributed by atoms with Crippen molar-refractivity contribution in [1.29, 1.82) is 0 Å². The Morgan fingerprint density at radius 1 is 1.29 bits per heavy atom. The maximum atomic E-state index is 5.86. The number of likely N-dealkylation sites (tertiary alicyclic amines) is 1. The highest BCUT2D eigenvalue weighted by molar-refractivity contribution is 5.33. The minimum Gasteiger partial charge on any atom is -0.372 e. The summed E-state index contributed by atoms with van der Waals surface area (Å²) >= 11 is 0. The van der Waals surface area contributed by atoms with Crippen LogP contribution in [-0.2, 0) is 11.3 Å². The molecule has 0 spiro atoms. The number of fused-ring (bicyclic) bond motifs is 3. The molecule has 1 fully saturated rings. The lowest BCUT2D eigenvalue weighted by Crippen LogP contribution is -2.26. The zero-order chi connectivity index (χ0) is 9.54. The van der Waals surface area contributed by atoms with Gasteiger partial charge in [0.05, 0.1) is 12.7 Å². The Balaban J connectivity index is 2.01. The van der Waals surface area contributed by atoms with E-state index in [0.717, 1.165) is 19.7 Å². The second kappa shape index (κ2) is 3.07. The van der Waals surface area contributed by atoms with Crippen molar-refractivity contribution in [1.82, 2.24) is 4.90 Å². The van der Waals surface area contributed by atoms with E-state index in [1.807, 2.05) is 0 Å². The third-order valence-corrected chi connectivity index (χ3v) is 3.36. The molecule has 2 nitrogen and oxygen atoms in total. The average molecular weight is 189 g/mol. The second-order valence-corrected chi connectivity index (χ2v) is 4.38. The summed E-state index contributed by atoms with van der Waals surface area (Å²) < 4.78 is 5.86. The normalized spacial score (nSPS) is 31.2. The maximum absolute atomic E-state index is 5.86. The summed E-state index contributed by atoms with van der Waals surface area (Å²) in [5.74, 6) is 0.602. The Labute approximate surface area is 84.5 Å². The zero-order valence-corrected chi connectivity index (χ0v) is 8.44. The molecule has 74 valence electrons. The lowest BCUT2D eigenvalue weighted by molar-refractivity contribution is 0.0262.